The summed E-state index contributed by atoms with van der Waals surface area (Å²) in [4.78, 5) is 27.0. The molecule has 0 atom stereocenters. The molecule has 2 aromatic carbocycles. The Balaban J connectivity index is 2.21. The fraction of sp³-hybridized carbons (Fsp3) is 0.385. The molecule has 5 nitrogen and oxygen atoms in total. The maximum Gasteiger partial charge on any atom is 0.268 e. The van der Waals surface area contributed by atoms with Crippen molar-refractivity contribution >= 4 is 17.9 Å². The zero-order chi connectivity index (χ0) is 22.9. The van der Waals surface area contributed by atoms with E-state index in [9.17, 15) is 9.59 Å². The molecule has 0 saturated carbocycles. The third-order valence-electron chi connectivity index (χ3n) is 5.38. The van der Waals surface area contributed by atoms with Crippen molar-refractivity contribution in [3.05, 3.63) is 77.0 Å². The summed E-state index contributed by atoms with van der Waals surface area (Å²) in [5.41, 5.74) is 2.88. The fourth-order valence-electron chi connectivity index (χ4n) is 3.24. The van der Waals surface area contributed by atoms with E-state index in [-0.39, 0.29) is 22.9 Å². The molecule has 0 fully saturated rings. The summed E-state index contributed by atoms with van der Waals surface area (Å²) in [5.74, 6) is -0.585. The zero-order valence-electron chi connectivity index (χ0n) is 19.4. The average molecular weight is 423 g/mol. The van der Waals surface area contributed by atoms with Crippen LogP contribution in [0, 0.1) is 0 Å². The molecule has 0 unspecified atom stereocenters. The van der Waals surface area contributed by atoms with Gasteiger partial charge in [-0.25, -0.2) is 0 Å². The SMILES string of the molecule is CC[NH+](CC)CCNC(=O)/C(=C/c1ccc(C(C)(C)C)cc1)NC(=O)c1ccccc1. The molecule has 0 aliphatic rings. The van der Waals surface area contributed by atoms with Crippen LogP contribution in [0.1, 0.15) is 56.1 Å². The van der Waals surface area contributed by atoms with Crippen molar-refractivity contribution in [3.8, 4) is 0 Å². The van der Waals surface area contributed by atoms with E-state index < -0.39 is 0 Å². The van der Waals surface area contributed by atoms with Crippen molar-refractivity contribution in [1.29, 1.82) is 0 Å². The molecule has 0 bridgehead atoms. The third-order valence-corrected chi connectivity index (χ3v) is 5.38. The first-order valence-corrected chi connectivity index (χ1v) is 11.0. The highest BCUT2D eigenvalue weighted by molar-refractivity contribution is 6.05. The Labute approximate surface area is 186 Å². The average Bonchev–Trinajstić information content (AvgIpc) is 2.76. The lowest BCUT2D eigenvalue weighted by Gasteiger charge is -2.19. The molecule has 2 amide bonds. The summed E-state index contributed by atoms with van der Waals surface area (Å²) in [6, 6.07) is 17.0. The zero-order valence-corrected chi connectivity index (χ0v) is 19.4. The first-order chi connectivity index (χ1) is 14.7. The molecule has 0 spiro atoms. The molecule has 0 saturated heterocycles. The van der Waals surface area contributed by atoms with Gasteiger partial charge < -0.3 is 15.5 Å². The highest BCUT2D eigenvalue weighted by Crippen LogP contribution is 2.22. The van der Waals surface area contributed by atoms with E-state index in [1.165, 1.54) is 10.5 Å². The standard InChI is InChI=1S/C26H35N3O2/c1-6-29(7-2)18-17-27-25(31)23(28-24(30)21-11-9-8-10-12-21)19-20-13-15-22(16-14-20)26(3,4)5/h8-16,19H,6-7,17-18H2,1-5H3,(H,27,31)(H,28,30)/p+1/b23-19-. The van der Waals surface area contributed by atoms with Crippen LogP contribution in [0.3, 0.4) is 0 Å². The second-order valence-corrected chi connectivity index (χ2v) is 8.71. The number of hydrogen-bond donors (Lipinski definition) is 3. The van der Waals surface area contributed by atoms with Crippen LogP contribution < -0.4 is 15.5 Å². The topological polar surface area (TPSA) is 62.6 Å². The van der Waals surface area contributed by atoms with Gasteiger partial charge in [0.15, 0.2) is 0 Å². The highest BCUT2D eigenvalue weighted by atomic mass is 16.2. The second kappa shape index (κ2) is 11.5. The summed E-state index contributed by atoms with van der Waals surface area (Å²) < 4.78 is 0. The number of amides is 2. The Morgan fingerprint density at radius 3 is 2.10 bits per heavy atom. The first-order valence-electron chi connectivity index (χ1n) is 11.0. The van der Waals surface area contributed by atoms with Crippen molar-refractivity contribution < 1.29 is 14.5 Å². The minimum atomic E-state index is -0.303. The van der Waals surface area contributed by atoms with Crippen LogP contribution in [-0.4, -0.2) is 38.0 Å². The molecule has 166 valence electrons. The van der Waals surface area contributed by atoms with E-state index in [0.717, 1.165) is 25.2 Å². The number of quaternary nitrogens is 1. The highest BCUT2D eigenvalue weighted by Gasteiger charge is 2.16. The number of nitrogens with one attached hydrogen (secondary N) is 3. The summed E-state index contributed by atoms with van der Waals surface area (Å²) in [6.07, 6.45) is 1.73. The van der Waals surface area contributed by atoms with Gasteiger partial charge >= 0.3 is 0 Å². The first kappa shape index (κ1) is 24.4. The molecule has 0 radical (unpaired) electrons. The summed E-state index contributed by atoms with van der Waals surface area (Å²) in [5, 5.41) is 5.75. The molecule has 2 rings (SSSR count). The van der Waals surface area contributed by atoms with E-state index in [2.05, 4.69) is 57.4 Å². The summed E-state index contributed by atoms with van der Waals surface area (Å²) in [6.45, 7) is 14.2. The Bertz CT molecular complexity index is 877. The number of benzene rings is 2. The monoisotopic (exact) mass is 422 g/mol. The van der Waals surface area contributed by atoms with E-state index in [1.54, 1.807) is 30.3 Å². The summed E-state index contributed by atoms with van der Waals surface area (Å²) in [7, 11) is 0. The predicted molar refractivity (Wildman–Crippen MR) is 127 cm³/mol. The molecule has 0 aliphatic heterocycles. The van der Waals surface area contributed by atoms with Crippen LogP contribution in [-0.2, 0) is 10.2 Å². The lowest BCUT2D eigenvalue weighted by molar-refractivity contribution is -0.895. The van der Waals surface area contributed by atoms with Crippen LogP contribution >= 0.6 is 0 Å². The van der Waals surface area contributed by atoms with E-state index >= 15 is 0 Å². The van der Waals surface area contributed by atoms with Crippen molar-refractivity contribution in [2.45, 2.75) is 40.0 Å². The van der Waals surface area contributed by atoms with Crippen LogP contribution in [0.25, 0.3) is 6.08 Å². The second-order valence-electron chi connectivity index (χ2n) is 8.71. The third kappa shape index (κ3) is 7.68. The number of hydrogen-bond acceptors (Lipinski definition) is 2. The van der Waals surface area contributed by atoms with Gasteiger partial charge in [-0.15, -0.1) is 0 Å². The molecule has 0 heterocycles. The van der Waals surface area contributed by atoms with Crippen molar-refractivity contribution in [2.24, 2.45) is 0 Å². The predicted octanol–water partition coefficient (Wildman–Crippen LogP) is 2.80. The number of carbonyl (C=O) groups excluding carboxylic acids is 2. The normalized spacial score (nSPS) is 12.0. The van der Waals surface area contributed by atoms with Gasteiger partial charge in [-0.2, -0.15) is 0 Å². The molecule has 3 N–H and O–H groups in total. The maximum absolute atomic E-state index is 12.9. The lowest BCUT2D eigenvalue weighted by Crippen LogP contribution is -3.12. The van der Waals surface area contributed by atoms with Crippen LogP contribution in [0.4, 0.5) is 0 Å². The Morgan fingerprint density at radius 2 is 1.55 bits per heavy atom. The van der Waals surface area contributed by atoms with E-state index in [1.807, 2.05) is 18.2 Å². The smallest absolute Gasteiger partial charge is 0.268 e. The molecular weight excluding hydrogens is 386 g/mol. The quantitative estimate of drug-likeness (QED) is 0.544. The number of likely N-dealkylation sites (N-methyl/N-ethyl adjacent to an activating group) is 1. The number of carbonyl (C=O) groups is 2. The maximum atomic E-state index is 12.9. The minimum Gasteiger partial charge on any atom is -0.345 e. The van der Waals surface area contributed by atoms with Gasteiger partial charge in [0, 0.05) is 5.56 Å². The van der Waals surface area contributed by atoms with E-state index in [0.29, 0.717) is 12.1 Å². The molecule has 5 heteroatoms. The molecule has 31 heavy (non-hydrogen) atoms. The van der Waals surface area contributed by atoms with Crippen molar-refractivity contribution in [3.63, 3.8) is 0 Å². The van der Waals surface area contributed by atoms with Gasteiger partial charge in [-0.05, 0) is 48.6 Å². The van der Waals surface area contributed by atoms with Crippen molar-refractivity contribution in [2.75, 3.05) is 26.2 Å². The van der Waals surface area contributed by atoms with Gasteiger partial charge in [0.2, 0.25) is 0 Å². The van der Waals surface area contributed by atoms with Gasteiger partial charge in [-0.1, -0.05) is 63.2 Å². The van der Waals surface area contributed by atoms with Crippen LogP contribution in [0.5, 0.6) is 0 Å². The van der Waals surface area contributed by atoms with Crippen LogP contribution in [0.2, 0.25) is 0 Å². The van der Waals surface area contributed by atoms with Crippen molar-refractivity contribution in [1.82, 2.24) is 10.6 Å². The van der Waals surface area contributed by atoms with Gasteiger partial charge in [0.1, 0.15) is 5.70 Å². The van der Waals surface area contributed by atoms with Crippen LogP contribution in [0.15, 0.2) is 60.3 Å². The molecule has 0 aliphatic carbocycles. The summed E-state index contributed by atoms with van der Waals surface area (Å²) >= 11 is 0. The molecule has 2 aromatic rings. The number of rotatable bonds is 9. The Morgan fingerprint density at radius 1 is 0.935 bits per heavy atom. The largest absolute Gasteiger partial charge is 0.345 e. The van der Waals surface area contributed by atoms with Gasteiger partial charge in [-0.3, -0.25) is 9.59 Å². The fourth-order valence-corrected chi connectivity index (χ4v) is 3.24. The van der Waals surface area contributed by atoms with E-state index in [4.69, 9.17) is 0 Å². The lowest BCUT2D eigenvalue weighted by atomic mass is 9.86. The van der Waals surface area contributed by atoms with Gasteiger partial charge in [0.05, 0.1) is 26.2 Å². The Kier molecular flexibility index (Phi) is 9.01. The molecule has 0 aromatic heterocycles. The van der Waals surface area contributed by atoms with Gasteiger partial charge in [0.25, 0.3) is 11.8 Å². The molecular formula is C26H36N3O2+. The minimum absolute atomic E-state index is 0.0523. The Hall–Kier alpha value is -2.92.